The van der Waals surface area contributed by atoms with Crippen molar-refractivity contribution in [3.05, 3.63) is 5.82 Å². The second kappa shape index (κ2) is 8.25. The maximum absolute atomic E-state index is 4.35. The van der Waals surface area contributed by atoms with Gasteiger partial charge in [-0.3, -0.25) is 0 Å². The van der Waals surface area contributed by atoms with E-state index in [1.165, 1.54) is 25.7 Å². The van der Waals surface area contributed by atoms with E-state index in [1.807, 2.05) is 7.05 Å². The van der Waals surface area contributed by atoms with Crippen molar-refractivity contribution in [2.24, 2.45) is 12.5 Å². The van der Waals surface area contributed by atoms with Crippen LogP contribution < -0.4 is 5.32 Å². The minimum atomic E-state index is 0.272. The molecule has 0 saturated carbocycles. The molecule has 110 valence electrons. The van der Waals surface area contributed by atoms with Gasteiger partial charge < -0.3 is 5.32 Å². The monoisotopic (exact) mass is 267 g/mol. The number of tetrazole rings is 1. The van der Waals surface area contributed by atoms with Gasteiger partial charge in [0.2, 0.25) is 0 Å². The van der Waals surface area contributed by atoms with Gasteiger partial charge in [-0.05, 0) is 36.4 Å². The Labute approximate surface area is 117 Å². The predicted octanol–water partition coefficient (Wildman–Crippen LogP) is 2.34. The van der Waals surface area contributed by atoms with Gasteiger partial charge in [0.25, 0.3) is 0 Å². The van der Waals surface area contributed by atoms with Crippen LogP contribution in [-0.4, -0.2) is 33.3 Å². The zero-order chi connectivity index (χ0) is 14.1. The largest absolute Gasteiger partial charge is 0.316 e. The minimum Gasteiger partial charge on any atom is -0.316 e. The topological polar surface area (TPSA) is 55.6 Å². The molecule has 0 aliphatic carbocycles. The summed E-state index contributed by atoms with van der Waals surface area (Å²) in [5, 5.41) is 16.0. The summed E-state index contributed by atoms with van der Waals surface area (Å²) in [4.78, 5) is 1.55. The number of aryl methyl sites for hydroxylation is 1. The average Bonchev–Trinajstić information content (AvgIpc) is 2.81. The molecule has 0 bridgehead atoms. The number of aromatic nitrogens is 4. The predicted molar refractivity (Wildman–Crippen MR) is 77.9 cm³/mol. The quantitative estimate of drug-likeness (QED) is 0.661. The van der Waals surface area contributed by atoms with Gasteiger partial charge in [0.05, 0.1) is 7.05 Å². The van der Waals surface area contributed by atoms with Gasteiger partial charge in [-0.15, -0.1) is 10.2 Å². The Hall–Kier alpha value is -0.970. The molecule has 0 aliphatic rings. The van der Waals surface area contributed by atoms with Gasteiger partial charge >= 0.3 is 0 Å². The van der Waals surface area contributed by atoms with E-state index in [9.17, 15) is 0 Å². The minimum absolute atomic E-state index is 0.272. The van der Waals surface area contributed by atoms with Crippen molar-refractivity contribution in [2.75, 3.05) is 13.1 Å². The molecule has 5 nitrogen and oxygen atoms in total. The molecule has 1 rings (SSSR count). The van der Waals surface area contributed by atoms with E-state index >= 15 is 0 Å². The lowest BCUT2D eigenvalue weighted by molar-refractivity contribution is 0.225. The third-order valence-corrected chi connectivity index (χ3v) is 3.82. The van der Waals surface area contributed by atoms with Gasteiger partial charge in [-0.25, -0.2) is 0 Å². The molecular formula is C14H29N5. The van der Waals surface area contributed by atoms with Crippen LogP contribution in [0, 0.1) is 5.41 Å². The first-order valence-corrected chi connectivity index (χ1v) is 7.59. The van der Waals surface area contributed by atoms with Crippen LogP contribution in [-0.2, 0) is 13.5 Å². The van der Waals surface area contributed by atoms with Crippen LogP contribution in [0.2, 0.25) is 0 Å². The summed E-state index contributed by atoms with van der Waals surface area (Å²) >= 11 is 0. The SMILES string of the molecule is CCCCC(CC)(CNCCC)Cc1nnn(C)n1. The summed E-state index contributed by atoms with van der Waals surface area (Å²) in [5.74, 6) is 0.874. The number of nitrogens with one attached hydrogen (secondary N) is 1. The normalized spacial score (nSPS) is 14.5. The summed E-state index contributed by atoms with van der Waals surface area (Å²) in [6.07, 6.45) is 6.99. The first-order chi connectivity index (χ1) is 9.15. The molecule has 0 radical (unpaired) electrons. The van der Waals surface area contributed by atoms with E-state index in [1.54, 1.807) is 4.80 Å². The van der Waals surface area contributed by atoms with E-state index in [0.717, 1.165) is 31.8 Å². The molecule has 0 saturated heterocycles. The van der Waals surface area contributed by atoms with Crippen molar-refractivity contribution in [1.82, 2.24) is 25.5 Å². The molecule has 1 aromatic rings. The molecule has 1 N–H and O–H groups in total. The maximum Gasteiger partial charge on any atom is 0.175 e. The van der Waals surface area contributed by atoms with Crippen molar-refractivity contribution in [1.29, 1.82) is 0 Å². The number of nitrogens with zero attached hydrogens (tertiary/aromatic N) is 4. The summed E-state index contributed by atoms with van der Waals surface area (Å²) in [6.45, 7) is 8.87. The molecule has 0 aromatic carbocycles. The third kappa shape index (κ3) is 5.27. The van der Waals surface area contributed by atoms with E-state index < -0.39 is 0 Å². The molecule has 1 unspecified atom stereocenters. The zero-order valence-corrected chi connectivity index (χ0v) is 12.9. The fourth-order valence-electron chi connectivity index (χ4n) is 2.48. The van der Waals surface area contributed by atoms with Crippen LogP contribution in [0.5, 0.6) is 0 Å². The highest BCUT2D eigenvalue weighted by Gasteiger charge is 2.29. The molecule has 0 amide bonds. The van der Waals surface area contributed by atoms with Crippen LogP contribution in [0.3, 0.4) is 0 Å². The Morgan fingerprint density at radius 1 is 1.21 bits per heavy atom. The van der Waals surface area contributed by atoms with Crippen molar-refractivity contribution >= 4 is 0 Å². The van der Waals surface area contributed by atoms with Crippen molar-refractivity contribution < 1.29 is 0 Å². The van der Waals surface area contributed by atoms with Crippen LogP contribution in [0.1, 0.15) is 58.7 Å². The van der Waals surface area contributed by atoms with E-state index in [0.29, 0.717) is 0 Å². The summed E-state index contributed by atoms with van der Waals surface area (Å²) in [7, 11) is 1.82. The molecule has 1 atom stereocenters. The number of unbranched alkanes of at least 4 members (excludes halogenated alkanes) is 1. The highest BCUT2D eigenvalue weighted by atomic mass is 15.6. The van der Waals surface area contributed by atoms with Crippen LogP contribution >= 0.6 is 0 Å². The Balaban J connectivity index is 2.69. The molecule has 1 heterocycles. The van der Waals surface area contributed by atoms with Gasteiger partial charge in [-0.1, -0.05) is 33.6 Å². The van der Waals surface area contributed by atoms with Gasteiger partial charge in [0.1, 0.15) is 0 Å². The Kier molecular flexibility index (Phi) is 6.99. The second-order valence-electron chi connectivity index (χ2n) is 5.51. The first kappa shape index (κ1) is 16.1. The molecular weight excluding hydrogens is 238 g/mol. The molecule has 0 fully saturated rings. The number of hydrogen-bond acceptors (Lipinski definition) is 4. The molecule has 0 aliphatic heterocycles. The van der Waals surface area contributed by atoms with Gasteiger partial charge in [-0.2, -0.15) is 4.80 Å². The molecule has 1 aromatic heterocycles. The Morgan fingerprint density at radius 3 is 2.53 bits per heavy atom. The fraction of sp³-hybridized carbons (Fsp3) is 0.929. The van der Waals surface area contributed by atoms with Gasteiger partial charge in [0, 0.05) is 13.0 Å². The highest BCUT2D eigenvalue weighted by molar-refractivity contribution is 4.91. The lowest BCUT2D eigenvalue weighted by Crippen LogP contribution is -2.36. The van der Waals surface area contributed by atoms with E-state index in [2.05, 4.69) is 41.5 Å². The molecule has 5 heteroatoms. The number of rotatable bonds is 10. The van der Waals surface area contributed by atoms with Crippen molar-refractivity contribution in [2.45, 2.75) is 59.3 Å². The smallest absolute Gasteiger partial charge is 0.175 e. The second-order valence-corrected chi connectivity index (χ2v) is 5.51. The highest BCUT2D eigenvalue weighted by Crippen LogP contribution is 2.31. The van der Waals surface area contributed by atoms with Crippen LogP contribution in [0.4, 0.5) is 0 Å². The Bertz CT molecular complexity index is 349. The maximum atomic E-state index is 4.35. The molecule has 0 spiro atoms. The fourth-order valence-corrected chi connectivity index (χ4v) is 2.48. The zero-order valence-electron chi connectivity index (χ0n) is 12.9. The third-order valence-electron chi connectivity index (χ3n) is 3.82. The summed E-state index contributed by atoms with van der Waals surface area (Å²) in [6, 6.07) is 0. The summed E-state index contributed by atoms with van der Waals surface area (Å²) in [5.41, 5.74) is 0.272. The molecule has 19 heavy (non-hydrogen) atoms. The van der Waals surface area contributed by atoms with Crippen molar-refractivity contribution in [3.8, 4) is 0 Å². The average molecular weight is 267 g/mol. The number of hydrogen-bond donors (Lipinski definition) is 1. The Morgan fingerprint density at radius 2 is 2.00 bits per heavy atom. The lowest BCUT2D eigenvalue weighted by atomic mass is 9.77. The summed E-state index contributed by atoms with van der Waals surface area (Å²) < 4.78 is 0. The lowest BCUT2D eigenvalue weighted by Gasteiger charge is -2.32. The first-order valence-electron chi connectivity index (χ1n) is 7.59. The van der Waals surface area contributed by atoms with E-state index in [4.69, 9.17) is 0 Å². The standard InChI is InChI=1S/C14H29N5/c1-5-8-9-14(7-3,12-15-10-6-2)11-13-16-18-19(4)17-13/h15H,5-12H2,1-4H3. The van der Waals surface area contributed by atoms with Crippen molar-refractivity contribution in [3.63, 3.8) is 0 Å². The van der Waals surface area contributed by atoms with Crippen LogP contribution in [0.25, 0.3) is 0 Å². The van der Waals surface area contributed by atoms with Gasteiger partial charge in [0.15, 0.2) is 5.82 Å². The van der Waals surface area contributed by atoms with E-state index in [-0.39, 0.29) is 5.41 Å². The van der Waals surface area contributed by atoms with Crippen LogP contribution in [0.15, 0.2) is 0 Å².